The van der Waals surface area contributed by atoms with E-state index in [0.717, 1.165) is 10.1 Å². The molecule has 0 spiro atoms. The molecule has 0 aliphatic carbocycles. The van der Waals surface area contributed by atoms with Crippen molar-refractivity contribution in [3.05, 3.63) is 74.6 Å². The van der Waals surface area contributed by atoms with Crippen molar-refractivity contribution in [3.63, 3.8) is 0 Å². The molecule has 140 valence electrons. The number of hydrogen-bond acceptors (Lipinski definition) is 4. The van der Waals surface area contributed by atoms with Gasteiger partial charge in [0.15, 0.2) is 0 Å². The average Bonchev–Trinajstić information content (AvgIpc) is 2.68. The Kier molecular flexibility index (Phi) is 4.94. The van der Waals surface area contributed by atoms with Gasteiger partial charge in [-0.05, 0) is 23.6 Å². The fourth-order valence-corrected chi connectivity index (χ4v) is 3.09. The highest BCUT2D eigenvalue weighted by Crippen LogP contribution is 2.21. The third kappa shape index (κ3) is 3.40. The van der Waals surface area contributed by atoms with Crippen LogP contribution in [0.1, 0.15) is 35.9 Å². The third-order valence-corrected chi connectivity index (χ3v) is 4.65. The van der Waals surface area contributed by atoms with E-state index in [4.69, 9.17) is 0 Å². The van der Waals surface area contributed by atoms with E-state index in [-0.39, 0.29) is 29.2 Å². The molecule has 2 heterocycles. The molecule has 1 unspecified atom stereocenters. The number of benzene rings is 1. The molecule has 27 heavy (non-hydrogen) atoms. The van der Waals surface area contributed by atoms with Crippen LogP contribution in [0, 0.1) is 5.92 Å². The largest absolute Gasteiger partial charge is 0.344 e. The monoisotopic (exact) mass is 366 g/mol. The lowest BCUT2D eigenvalue weighted by atomic mass is 9.96. The Morgan fingerprint density at radius 2 is 1.67 bits per heavy atom. The lowest BCUT2D eigenvalue weighted by Crippen LogP contribution is -2.38. The van der Waals surface area contributed by atoms with Crippen molar-refractivity contribution in [1.29, 1.82) is 0 Å². The number of nitrogens with one attached hydrogen (secondary N) is 1. The molecule has 3 rings (SSSR count). The van der Waals surface area contributed by atoms with E-state index in [1.807, 2.05) is 44.2 Å². The molecule has 0 bridgehead atoms. The number of rotatable bonds is 4. The Morgan fingerprint density at radius 1 is 1.00 bits per heavy atom. The fourth-order valence-electron chi connectivity index (χ4n) is 3.09. The molecule has 0 saturated heterocycles. The second-order valence-corrected chi connectivity index (χ2v) is 6.88. The molecule has 0 saturated carbocycles. The first-order valence-corrected chi connectivity index (χ1v) is 8.74. The SMILES string of the molecule is CC(C)C(NC(=O)c1ccc2c(=O)n(C)c(=O)n(C)c2n1)c1ccccc1. The van der Waals surface area contributed by atoms with E-state index in [1.54, 1.807) is 0 Å². The van der Waals surface area contributed by atoms with E-state index in [0.29, 0.717) is 5.39 Å². The summed E-state index contributed by atoms with van der Waals surface area (Å²) in [5.74, 6) is -0.180. The Labute approximate surface area is 156 Å². The zero-order chi connectivity index (χ0) is 19.7. The highest BCUT2D eigenvalue weighted by Gasteiger charge is 2.20. The summed E-state index contributed by atoms with van der Waals surface area (Å²) in [6.45, 7) is 4.05. The van der Waals surface area contributed by atoms with Crippen LogP contribution in [0.5, 0.6) is 0 Å². The maximum atomic E-state index is 12.8. The minimum absolute atomic E-state index is 0.160. The number of aromatic nitrogens is 3. The van der Waals surface area contributed by atoms with E-state index < -0.39 is 11.2 Å². The van der Waals surface area contributed by atoms with Gasteiger partial charge in [-0.3, -0.25) is 18.7 Å². The van der Waals surface area contributed by atoms with Gasteiger partial charge in [0.1, 0.15) is 11.3 Å². The lowest BCUT2D eigenvalue weighted by molar-refractivity contribution is 0.0921. The molecular formula is C20H22N4O3. The van der Waals surface area contributed by atoms with E-state index in [2.05, 4.69) is 10.3 Å². The normalized spacial score (nSPS) is 12.3. The number of aryl methyl sites for hydroxylation is 1. The van der Waals surface area contributed by atoms with Gasteiger partial charge in [0.25, 0.3) is 11.5 Å². The third-order valence-electron chi connectivity index (χ3n) is 4.65. The first-order valence-electron chi connectivity index (χ1n) is 8.74. The quantitative estimate of drug-likeness (QED) is 0.762. The highest BCUT2D eigenvalue weighted by molar-refractivity contribution is 5.94. The van der Waals surface area contributed by atoms with E-state index in [9.17, 15) is 14.4 Å². The lowest BCUT2D eigenvalue weighted by Gasteiger charge is -2.22. The summed E-state index contributed by atoms with van der Waals surface area (Å²) in [6, 6.07) is 12.6. The summed E-state index contributed by atoms with van der Waals surface area (Å²) in [7, 11) is 2.94. The second kappa shape index (κ2) is 7.19. The number of pyridine rings is 1. The number of amides is 1. The van der Waals surface area contributed by atoms with Crippen molar-refractivity contribution >= 4 is 16.9 Å². The van der Waals surface area contributed by atoms with E-state index in [1.165, 1.54) is 30.8 Å². The van der Waals surface area contributed by atoms with Gasteiger partial charge >= 0.3 is 5.69 Å². The minimum Gasteiger partial charge on any atom is -0.344 e. The summed E-state index contributed by atoms with van der Waals surface area (Å²) in [6.07, 6.45) is 0. The maximum Gasteiger partial charge on any atom is 0.332 e. The number of carbonyl (C=O) groups excluding carboxylic acids is 1. The van der Waals surface area contributed by atoms with Crippen LogP contribution in [0.4, 0.5) is 0 Å². The van der Waals surface area contributed by atoms with Crippen LogP contribution in [0.15, 0.2) is 52.1 Å². The molecule has 0 aliphatic rings. The summed E-state index contributed by atoms with van der Waals surface area (Å²) in [4.78, 5) is 41.4. The zero-order valence-electron chi connectivity index (χ0n) is 15.8. The molecule has 0 fully saturated rings. The topological polar surface area (TPSA) is 86.0 Å². The molecular weight excluding hydrogens is 344 g/mol. The van der Waals surface area contributed by atoms with Crippen molar-refractivity contribution in [2.45, 2.75) is 19.9 Å². The van der Waals surface area contributed by atoms with Crippen LogP contribution in [-0.2, 0) is 14.1 Å². The summed E-state index contributed by atoms with van der Waals surface area (Å²) < 4.78 is 2.29. The van der Waals surface area contributed by atoms with Crippen LogP contribution in [0.3, 0.4) is 0 Å². The molecule has 1 N–H and O–H groups in total. The standard InChI is InChI=1S/C20H22N4O3/c1-12(2)16(13-8-6-5-7-9-13)22-18(25)15-11-10-14-17(21-15)23(3)20(27)24(4)19(14)26/h5-12,16H,1-4H3,(H,22,25). The summed E-state index contributed by atoms with van der Waals surface area (Å²) in [5.41, 5.74) is 0.436. The number of nitrogens with zero attached hydrogens (tertiary/aromatic N) is 3. The van der Waals surface area contributed by atoms with Gasteiger partial charge in [-0.2, -0.15) is 0 Å². The predicted molar refractivity (Wildman–Crippen MR) is 104 cm³/mol. The molecule has 1 atom stereocenters. The molecule has 7 nitrogen and oxygen atoms in total. The first kappa shape index (κ1) is 18.6. The smallest absolute Gasteiger partial charge is 0.332 e. The number of carbonyl (C=O) groups is 1. The second-order valence-electron chi connectivity index (χ2n) is 6.88. The number of fused-ring (bicyclic) bond motifs is 1. The maximum absolute atomic E-state index is 12.8. The predicted octanol–water partition coefficient (Wildman–Crippen LogP) is 1.76. The van der Waals surface area contributed by atoms with Crippen LogP contribution >= 0.6 is 0 Å². The average molecular weight is 366 g/mol. The van der Waals surface area contributed by atoms with Gasteiger partial charge in [0.05, 0.1) is 11.4 Å². The van der Waals surface area contributed by atoms with Crippen molar-refractivity contribution < 1.29 is 4.79 Å². The molecule has 7 heteroatoms. The van der Waals surface area contributed by atoms with Gasteiger partial charge in [0.2, 0.25) is 0 Å². The minimum atomic E-state index is -0.484. The highest BCUT2D eigenvalue weighted by atomic mass is 16.2. The summed E-state index contributed by atoms with van der Waals surface area (Å²) >= 11 is 0. The van der Waals surface area contributed by atoms with Gasteiger partial charge in [-0.15, -0.1) is 0 Å². The Hall–Kier alpha value is -3.22. The number of hydrogen-bond donors (Lipinski definition) is 1. The van der Waals surface area contributed by atoms with Gasteiger partial charge in [-0.25, -0.2) is 9.78 Å². The molecule has 1 amide bonds. The Bertz CT molecular complexity index is 1110. The first-order chi connectivity index (χ1) is 12.8. The molecule has 1 aromatic carbocycles. The van der Waals surface area contributed by atoms with Gasteiger partial charge in [-0.1, -0.05) is 44.2 Å². The van der Waals surface area contributed by atoms with E-state index >= 15 is 0 Å². The van der Waals surface area contributed by atoms with Crippen molar-refractivity contribution in [3.8, 4) is 0 Å². The Balaban J connectivity index is 2.01. The van der Waals surface area contributed by atoms with Crippen molar-refractivity contribution in [1.82, 2.24) is 19.4 Å². The molecule has 0 aliphatic heterocycles. The van der Waals surface area contributed by atoms with Gasteiger partial charge in [0, 0.05) is 14.1 Å². The Morgan fingerprint density at radius 3 is 2.30 bits per heavy atom. The van der Waals surface area contributed by atoms with Crippen molar-refractivity contribution in [2.24, 2.45) is 20.0 Å². The zero-order valence-corrected chi connectivity index (χ0v) is 15.8. The van der Waals surface area contributed by atoms with Gasteiger partial charge < -0.3 is 5.32 Å². The van der Waals surface area contributed by atoms with Crippen LogP contribution in [0.2, 0.25) is 0 Å². The van der Waals surface area contributed by atoms with Crippen molar-refractivity contribution in [2.75, 3.05) is 0 Å². The fraction of sp³-hybridized carbons (Fsp3) is 0.300. The molecule has 0 radical (unpaired) electrons. The summed E-state index contributed by atoms with van der Waals surface area (Å²) in [5, 5.41) is 3.29. The van der Waals surface area contributed by atoms with Crippen LogP contribution < -0.4 is 16.6 Å². The van der Waals surface area contributed by atoms with Crippen LogP contribution in [0.25, 0.3) is 11.0 Å². The molecule has 3 aromatic rings. The molecule has 2 aromatic heterocycles. The van der Waals surface area contributed by atoms with Crippen LogP contribution in [-0.4, -0.2) is 20.0 Å².